The fourth-order valence-electron chi connectivity index (χ4n) is 10.8. The highest BCUT2D eigenvalue weighted by Gasteiger charge is 2.30. The number of aliphatic hydroxyl groups excluding tert-OH is 1. The summed E-state index contributed by atoms with van der Waals surface area (Å²) in [4.78, 5) is 72.9. The van der Waals surface area contributed by atoms with Gasteiger partial charge in [0.25, 0.3) is 0 Å². The predicted octanol–water partition coefficient (Wildman–Crippen LogP) is 22.7. The molecule has 0 aromatic carbocycles. The molecule has 0 radical (unpaired) electrons. The van der Waals surface area contributed by atoms with Gasteiger partial charge in [-0.05, 0) is 135 Å². The number of rotatable bonds is 75. The summed E-state index contributed by atoms with van der Waals surface area (Å²) in [6, 6.07) is 0. The van der Waals surface area contributed by atoms with Gasteiger partial charge in [0.15, 0.2) is 12.2 Å². The van der Waals surface area contributed by atoms with Crippen molar-refractivity contribution in [3.05, 3.63) is 60.8 Å². The lowest BCUT2D eigenvalue weighted by atomic mass is 10.1. The van der Waals surface area contributed by atoms with Gasteiger partial charge in [0, 0.05) is 25.7 Å². The zero-order chi connectivity index (χ0) is 71.8. The maximum atomic E-state index is 13.1. The average Bonchev–Trinajstić information content (AvgIpc) is 1.04. The Balaban J connectivity index is 5.34. The van der Waals surface area contributed by atoms with Crippen LogP contribution in [0.2, 0.25) is 0 Å². The van der Waals surface area contributed by atoms with E-state index in [1.165, 1.54) is 122 Å². The molecule has 5 atom stereocenters. The molecule has 0 amide bonds. The first-order valence-electron chi connectivity index (χ1n) is 39.5. The zero-order valence-corrected chi connectivity index (χ0v) is 64.3. The van der Waals surface area contributed by atoms with Crippen molar-refractivity contribution in [1.82, 2.24) is 0 Å². The van der Waals surface area contributed by atoms with Crippen molar-refractivity contribution in [1.29, 1.82) is 0 Å². The van der Waals surface area contributed by atoms with Crippen LogP contribution in [-0.4, -0.2) is 96.7 Å². The lowest BCUT2D eigenvalue weighted by molar-refractivity contribution is -0.161. The Morgan fingerprint density at radius 2 is 0.500 bits per heavy atom. The van der Waals surface area contributed by atoms with E-state index in [0.717, 1.165) is 161 Å². The van der Waals surface area contributed by atoms with Gasteiger partial charge in [-0.2, -0.15) is 0 Å². The maximum Gasteiger partial charge on any atom is 0.472 e. The Kier molecular flexibility index (Phi) is 69.7. The summed E-state index contributed by atoms with van der Waals surface area (Å²) in [5, 5.41) is 10.6. The molecule has 0 aromatic heterocycles. The number of phosphoric ester groups is 2. The first-order chi connectivity index (χ1) is 47.7. The van der Waals surface area contributed by atoms with Crippen LogP contribution in [0.25, 0.3) is 0 Å². The Bertz CT molecular complexity index is 2100. The van der Waals surface area contributed by atoms with Crippen molar-refractivity contribution in [3.63, 3.8) is 0 Å². The number of unbranched alkanes of at least 4 members (excludes halogenated alkanes) is 39. The van der Waals surface area contributed by atoms with Gasteiger partial charge >= 0.3 is 39.5 Å². The molecule has 0 saturated heterocycles. The van der Waals surface area contributed by atoms with Gasteiger partial charge in [-0.3, -0.25) is 37.3 Å². The summed E-state index contributed by atoms with van der Waals surface area (Å²) in [5.41, 5.74) is 0. The highest BCUT2D eigenvalue weighted by molar-refractivity contribution is 7.47. The zero-order valence-electron chi connectivity index (χ0n) is 62.5. The number of carbonyl (C=O) groups excluding carboxylic acids is 4. The fourth-order valence-corrected chi connectivity index (χ4v) is 12.4. The first-order valence-corrected chi connectivity index (χ1v) is 42.5. The third-order valence-electron chi connectivity index (χ3n) is 16.9. The van der Waals surface area contributed by atoms with E-state index in [-0.39, 0.29) is 25.7 Å². The molecule has 2 unspecified atom stereocenters. The quantitative estimate of drug-likeness (QED) is 0.0169. The van der Waals surface area contributed by atoms with Crippen LogP contribution in [0.5, 0.6) is 0 Å². The molecular weight excluding hydrogens is 1280 g/mol. The first kappa shape index (κ1) is 94.8. The second-order valence-electron chi connectivity index (χ2n) is 26.6. The molecule has 19 heteroatoms. The van der Waals surface area contributed by atoms with E-state index in [2.05, 4.69) is 88.5 Å². The SMILES string of the molecule is CCCCC/C=C\C/C=C\CCCCCCCC(=O)OC[C@H](COP(=O)(O)OC[C@@H](O)COP(=O)(O)OC[C@@H](COC(=O)CCCCCCCCC/C=C\CCCCCC)OC(=O)CCCCCCC/C=C\CCCCCC)OC(=O)CCCCCCC/C=C\CCCCCCCC. The minimum Gasteiger partial charge on any atom is -0.462 e. The molecule has 0 saturated carbocycles. The van der Waals surface area contributed by atoms with E-state index in [4.69, 9.17) is 37.0 Å². The van der Waals surface area contributed by atoms with Crippen LogP contribution in [-0.2, 0) is 65.4 Å². The largest absolute Gasteiger partial charge is 0.472 e. The summed E-state index contributed by atoms with van der Waals surface area (Å²) in [6.07, 6.45) is 70.5. The van der Waals surface area contributed by atoms with Gasteiger partial charge in [0.1, 0.15) is 19.3 Å². The second-order valence-corrected chi connectivity index (χ2v) is 29.5. The second kappa shape index (κ2) is 72.1. The molecule has 0 heterocycles. The Hall–Kier alpha value is -3.24. The monoisotopic (exact) mass is 1430 g/mol. The Labute approximate surface area is 597 Å². The number of allylic oxidation sites excluding steroid dienone is 10. The van der Waals surface area contributed by atoms with Crippen molar-refractivity contribution in [2.24, 2.45) is 0 Å². The molecule has 0 spiro atoms. The number of carbonyl (C=O) groups is 4. The maximum absolute atomic E-state index is 13.1. The van der Waals surface area contributed by atoms with Crippen LogP contribution >= 0.6 is 15.6 Å². The number of ether oxygens (including phenoxy) is 4. The summed E-state index contributed by atoms with van der Waals surface area (Å²) >= 11 is 0. The van der Waals surface area contributed by atoms with E-state index in [1.807, 2.05) is 0 Å². The van der Waals surface area contributed by atoms with Crippen molar-refractivity contribution in [2.75, 3.05) is 39.6 Å². The molecule has 0 aromatic rings. The summed E-state index contributed by atoms with van der Waals surface area (Å²) in [6.45, 7) is 4.84. The van der Waals surface area contributed by atoms with Crippen LogP contribution in [0.1, 0.15) is 362 Å². The van der Waals surface area contributed by atoms with Gasteiger partial charge in [0.2, 0.25) is 0 Å². The van der Waals surface area contributed by atoms with E-state index < -0.39 is 97.5 Å². The third kappa shape index (κ3) is 71.2. The van der Waals surface area contributed by atoms with Crippen LogP contribution < -0.4 is 0 Å². The Morgan fingerprint density at radius 3 is 0.796 bits per heavy atom. The molecular formula is C79H144O17P2. The van der Waals surface area contributed by atoms with Crippen LogP contribution in [0.15, 0.2) is 60.8 Å². The Morgan fingerprint density at radius 1 is 0.286 bits per heavy atom. The van der Waals surface area contributed by atoms with Crippen molar-refractivity contribution < 1.29 is 80.2 Å². The molecule has 98 heavy (non-hydrogen) atoms. The van der Waals surface area contributed by atoms with Gasteiger partial charge in [-0.1, -0.05) is 262 Å². The fraction of sp³-hybridized carbons (Fsp3) is 0.823. The van der Waals surface area contributed by atoms with Gasteiger partial charge in [0.05, 0.1) is 26.4 Å². The predicted molar refractivity (Wildman–Crippen MR) is 400 cm³/mol. The van der Waals surface area contributed by atoms with Gasteiger partial charge in [-0.25, -0.2) is 9.13 Å². The van der Waals surface area contributed by atoms with E-state index in [9.17, 15) is 43.2 Å². The van der Waals surface area contributed by atoms with Crippen LogP contribution in [0.3, 0.4) is 0 Å². The van der Waals surface area contributed by atoms with E-state index in [1.54, 1.807) is 0 Å². The third-order valence-corrected chi connectivity index (χ3v) is 18.8. The number of hydrogen-bond acceptors (Lipinski definition) is 15. The molecule has 572 valence electrons. The molecule has 0 aliphatic heterocycles. The molecule has 0 rings (SSSR count). The van der Waals surface area contributed by atoms with Gasteiger partial charge in [-0.15, -0.1) is 0 Å². The van der Waals surface area contributed by atoms with Crippen LogP contribution in [0.4, 0.5) is 0 Å². The van der Waals surface area contributed by atoms with Crippen molar-refractivity contribution in [2.45, 2.75) is 380 Å². The minimum absolute atomic E-state index is 0.0856. The van der Waals surface area contributed by atoms with E-state index in [0.29, 0.717) is 25.7 Å². The van der Waals surface area contributed by atoms with Gasteiger partial charge < -0.3 is 33.8 Å². The summed E-state index contributed by atoms with van der Waals surface area (Å²) in [7, 11) is -9.95. The normalized spacial score (nSPS) is 14.2. The molecule has 3 N–H and O–H groups in total. The number of esters is 4. The minimum atomic E-state index is -4.97. The molecule has 0 aliphatic rings. The summed E-state index contributed by atoms with van der Waals surface area (Å²) < 4.78 is 68.5. The highest BCUT2D eigenvalue weighted by Crippen LogP contribution is 2.45. The molecule has 0 bridgehead atoms. The average molecular weight is 1430 g/mol. The lowest BCUT2D eigenvalue weighted by Crippen LogP contribution is -2.30. The number of hydrogen-bond donors (Lipinski definition) is 3. The topological polar surface area (TPSA) is 237 Å². The lowest BCUT2D eigenvalue weighted by Gasteiger charge is -2.21. The molecule has 0 aliphatic carbocycles. The highest BCUT2D eigenvalue weighted by atomic mass is 31.2. The van der Waals surface area contributed by atoms with Crippen molar-refractivity contribution in [3.8, 4) is 0 Å². The van der Waals surface area contributed by atoms with Crippen molar-refractivity contribution >= 4 is 39.5 Å². The molecule has 0 fully saturated rings. The van der Waals surface area contributed by atoms with Crippen LogP contribution in [0, 0.1) is 0 Å². The standard InChI is InChI=1S/C79H144O17P2/c1-5-9-13-17-21-25-29-33-36-40-43-47-51-55-59-63-76(81)89-69-74(95-78(83)65-61-57-53-49-45-39-32-28-24-20-16-12-8-4)71-93-97(85,86)91-67-73(80)68-92-98(87,88)94-72-75(96-79(84)66-62-58-54-50-46-42-38-35-31-27-23-19-15-11-7-3)70-90-77(82)64-60-56-52-48-44-41-37-34-30-26-22-18-14-10-6-2/h22,25-26,28-29,32,34-35,37-38,73-75,80H,5-21,23-24,27,30-31,33,36,39-72H2,1-4H3,(H,85,86)(H,87,88)/b26-22-,29-25-,32-28-,37-34-,38-35-/t73-,74+,75+/m0/s1. The number of aliphatic hydroxyl groups is 1. The number of phosphoric acid groups is 2. The smallest absolute Gasteiger partial charge is 0.462 e. The summed E-state index contributed by atoms with van der Waals surface area (Å²) in [5.74, 6) is -2.18. The molecule has 17 nitrogen and oxygen atoms in total. The van der Waals surface area contributed by atoms with E-state index >= 15 is 0 Å².